The molecule has 0 aliphatic rings. The van der Waals surface area contributed by atoms with E-state index in [1.807, 2.05) is 6.92 Å². The number of benzene rings is 2. The minimum absolute atomic E-state index is 0.121. The zero-order chi connectivity index (χ0) is 20.7. The number of carboxylic acid groups (broad SMARTS) is 1. The number of amides is 1. The second-order valence-corrected chi connectivity index (χ2v) is 6.41. The van der Waals surface area contributed by atoms with Gasteiger partial charge in [-0.3, -0.25) is 4.79 Å². The van der Waals surface area contributed by atoms with E-state index in [0.29, 0.717) is 18.5 Å². The lowest BCUT2D eigenvalue weighted by atomic mass is 10.0. The van der Waals surface area contributed by atoms with E-state index in [4.69, 9.17) is 15.6 Å². The molecule has 8 heteroatoms. The van der Waals surface area contributed by atoms with Crippen molar-refractivity contribution in [2.45, 2.75) is 25.5 Å². The van der Waals surface area contributed by atoms with Crippen molar-refractivity contribution in [2.24, 2.45) is 5.73 Å². The number of aliphatic carboxylic acids is 1. The van der Waals surface area contributed by atoms with Crippen LogP contribution in [0.3, 0.4) is 0 Å². The highest BCUT2D eigenvalue weighted by molar-refractivity contribution is 5.95. The largest absolute Gasteiger partial charge is 0.508 e. The summed E-state index contributed by atoms with van der Waals surface area (Å²) >= 11 is 0. The molecule has 0 heterocycles. The summed E-state index contributed by atoms with van der Waals surface area (Å²) in [7, 11) is 0. The molecule has 0 aliphatic carbocycles. The number of primary amides is 1. The summed E-state index contributed by atoms with van der Waals surface area (Å²) in [6, 6.07) is 10.9. The van der Waals surface area contributed by atoms with Gasteiger partial charge in [-0.15, -0.1) is 0 Å². The second-order valence-electron chi connectivity index (χ2n) is 6.41. The van der Waals surface area contributed by atoms with Crippen LogP contribution in [-0.4, -0.2) is 46.4 Å². The lowest BCUT2D eigenvalue weighted by Crippen LogP contribution is -2.33. The third-order valence-corrected chi connectivity index (χ3v) is 4.25. The van der Waals surface area contributed by atoms with E-state index >= 15 is 0 Å². The van der Waals surface area contributed by atoms with E-state index in [9.17, 15) is 19.8 Å². The average Bonchev–Trinajstić information content (AvgIpc) is 2.66. The molecule has 150 valence electrons. The van der Waals surface area contributed by atoms with E-state index in [2.05, 4.69) is 5.32 Å². The van der Waals surface area contributed by atoms with Gasteiger partial charge in [0, 0.05) is 6.04 Å². The fraction of sp³-hybridized carbons (Fsp3) is 0.300. The number of carboxylic acids is 1. The number of aliphatic hydroxyl groups excluding tert-OH is 1. The number of aliphatic hydroxyl groups is 1. The minimum Gasteiger partial charge on any atom is -0.508 e. The van der Waals surface area contributed by atoms with Gasteiger partial charge in [-0.1, -0.05) is 18.2 Å². The summed E-state index contributed by atoms with van der Waals surface area (Å²) in [5, 5.41) is 31.6. The summed E-state index contributed by atoms with van der Waals surface area (Å²) in [4.78, 5) is 22.2. The van der Waals surface area contributed by atoms with Crippen LogP contribution in [-0.2, 0) is 11.2 Å². The van der Waals surface area contributed by atoms with Crippen molar-refractivity contribution in [1.29, 1.82) is 0 Å². The number of aromatic hydroxyl groups is 1. The average molecular weight is 388 g/mol. The molecular weight excluding hydrogens is 364 g/mol. The molecule has 0 saturated carbocycles. The number of nitrogens with two attached hydrogens (primary N) is 1. The molecule has 0 bridgehead atoms. The van der Waals surface area contributed by atoms with Crippen LogP contribution >= 0.6 is 0 Å². The summed E-state index contributed by atoms with van der Waals surface area (Å²) in [5.41, 5.74) is 6.97. The first kappa shape index (κ1) is 21.2. The predicted molar refractivity (Wildman–Crippen MR) is 102 cm³/mol. The van der Waals surface area contributed by atoms with Crippen molar-refractivity contribution in [3.63, 3.8) is 0 Å². The van der Waals surface area contributed by atoms with E-state index < -0.39 is 24.6 Å². The number of phenols is 1. The number of phenolic OH excluding ortho intramolecular Hbond substituents is 1. The molecular formula is C20H24N2O6. The van der Waals surface area contributed by atoms with Gasteiger partial charge in [-0.2, -0.15) is 0 Å². The van der Waals surface area contributed by atoms with Gasteiger partial charge >= 0.3 is 5.97 Å². The van der Waals surface area contributed by atoms with Crippen LogP contribution in [0.15, 0.2) is 42.5 Å². The maximum atomic E-state index is 11.6. The van der Waals surface area contributed by atoms with Crippen molar-refractivity contribution < 1.29 is 29.6 Å². The Balaban J connectivity index is 1.94. The number of rotatable bonds is 10. The highest BCUT2D eigenvalue weighted by atomic mass is 16.5. The number of carbonyl (C=O) groups excluding carboxylic acids is 1. The molecule has 6 N–H and O–H groups in total. The molecule has 2 aromatic carbocycles. The van der Waals surface area contributed by atoms with Gasteiger partial charge in [0.1, 0.15) is 11.5 Å². The summed E-state index contributed by atoms with van der Waals surface area (Å²) in [6.45, 7) is 1.81. The van der Waals surface area contributed by atoms with Crippen LogP contribution in [0.2, 0.25) is 0 Å². The van der Waals surface area contributed by atoms with Gasteiger partial charge in [0.2, 0.25) is 0 Å². The predicted octanol–water partition coefficient (Wildman–Crippen LogP) is 1.21. The summed E-state index contributed by atoms with van der Waals surface area (Å²) in [5.74, 6) is -1.59. The summed E-state index contributed by atoms with van der Waals surface area (Å²) < 4.78 is 5.08. The number of ether oxygens (including phenoxy) is 1. The van der Waals surface area contributed by atoms with Crippen molar-refractivity contribution in [1.82, 2.24) is 5.32 Å². The van der Waals surface area contributed by atoms with Crippen molar-refractivity contribution in [3.05, 3.63) is 59.2 Å². The van der Waals surface area contributed by atoms with Gasteiger partial charge < -0.3 is 31.1 Å². The van der Waals surface area contributed by atoms with Crippen molar-refractivity contribution in [3.8, 4) is 11.5 Å². The smallest absolute Gasteiger partial charge is 0.341 e. The zero-order valence-electron chi connectivity index (χ0n) is 15.5. The zero-order valence-corrected chi connectivity index (χ0v) is 15.5. The van der Waals surface area contributed by atoms with Crippen LogP contribution < -0.4 is 15.8 Å². The Hall–Kier alpha value is -3.10. The van der Waals surface area contributed by atoms with Gasteiger partial charge in [0.25, 0.3) is 5.91 Å². The normalized spacial score (nSPS) is 12.9. The van der Waals surface area contributed by atoms with Crippen LogP contribution in [0.5, 0.6) is 11.5 Å². The second kappa shape index (κ2) is 9.72. The molecule has 0 spiro atoms. The molecule has 0 aromatic heterocycles. The van der Waals surface area contributed by atoms with E-state index in [1.54, 1.807) is 24.3 Å². The number of carbonyl (C=O) groups is 2. The molecule has 2 rings (SSSR count). The molecule has 0 aliphatic heterocycles. The fourth-order valence-corrected chi connectivity index (χ4v) is 2.71. The fourth-order valence-electron chi connectivity index (χ4n) is 2.71. The highest BCUT2D eigenvalue weighted by Gasteiger charge is 2.16. The lowest BCUT2D eigenvalue weighted by Gasteiger charge is -2.21. The molecule has 1 amide bonds. The molecule has 28 heavy (non-hydrogen) atoms. The Kier molecular flexibility index (Phi) is 7.36. The van der Waals surface area contributed by atoms with Gasteiger partial charge in [-0.05, 0) is 55.3 Å². The number of nitrogens with one attached hydrogen (secondary N) is 1. The monoisotopic (exact) mass is 388 g/mol. The summed E-state index contributed by atoms with van der Waals surface area (Å²) in [6.07, 6.45) is -0.180. The molecule has 0 saturated heterocycles. The highest BCUT2D eigenvalue weighted by Crippen LogP contribution is 2.21. The van der Waals surface area contributed by atoms with E-state index in [0.717, 1.165) is 5.56 Å². The maximum Gasteiger partial charge on any atom is 0.341 e. The first-order valence-corrected chi connectivity index (χ1v) is 8.75. The Morgan fingerprint density at radius 2 is 1.86 bits per heavy atom. The van der Waals surface area contributed by atoms with E-state index in [1.165, 1.54) is 18.2 Å². The molecule has 0 radical (unpaired) electrons. The van der Waals surface area contributed by atoms with Crippen molar-refractivity contribution in [2.75, 3.05) is 13.2 Å². The number of hydrogen-bond acceptors (Lipinski definition) is 6. The van der Waals surface area contributed by atoms with Crippen LogP contribution in [0.1, 0.15) is 34.5 Å². The number of hydrogen-bond donors (Lipinski definition) is 5. The molecule has 0 unspecified atom stereocenters. The molecule has 2 atom stereocenters. The van der Waals surface area contributed by atoms with E-state index in [-0.39, 0.29) is 23.1 Å². The first-order valence-electron chi connectivity index (χ1n) is 8.75. The Morgan fingerprint density at radius 3 is 2.46 bits per heavy atom. The lowest BCUT2D eigenvalue weighted by molar-refractivity contribution is -0.139. The van der Waals surface area contributed by atoms with Crippen LogP contribution in [0.4, 0.5) is 0 Å². The Morgan fingerprint density at radius 1 is 1.18 bits per heavy atom. The maximum absolute atomic E-state index is 11.6. The third kappa shape index (κ3) is 5.97. The van der Waals surface area contributed by atoms with Crippen molar-refractivity contribution >= 4 is 11.9 Å². The third-order valence-electron chi connectivity index (χ3n) is 4.25. The minimum atomic E-state index is -1.15. The SMILES string of the molecule is C[C@H](NCCc1ccc(OCC(=O)O)c(C(N)=O)c1)[C@H](O)c1ccc(O)cc1. The molecule has 0 fully saturated rings. The topological polar surface area (TPSA) is 142 Å². The van der Waals surface area contributed by atoms with Crippen LogP contribution in [0, 0.1) is 0 Å². The Labute approximate surface area is 162 Å². The van der Waals surface area contributed by atoms with Gasteiger partial charge in [0.05, 0.1) is 11.7 Å². The van der Waals surface area contributed by atoms with Gasteiger partial charge in [-0.25, -0.2) is 4.79 Å². The molecule has 8 nitrogen and oxygen atoms in total. The standard InChI is InChI=1S/C20H24N2O6/c1-12(19(26)14-3-5-15(23)6-4-14)22-9-8-13-2-7-17(28-11-18(24)25)16(10-13)20(21)27/h2-7,10,12,19,22-23,26H,8-9,11H2,1H3,(H2,21,27)(H,24,25)/t12-,19-/m0/s1. The first-order chi connectivity index (χ1) is 13.3. The van der Waals surface area contributed by atoms with Gasteiger partial charge in [0.15, 0.2) is 6.61 Å². The Bertz CT molecular complexity index is 822. The molecule has 2 aromatic rings. The van der Waals surface area contributed by atoms with Crippen LogP contribution in [0.25, 0.3) is 0 Å². The quantitative estimate of drug-likeness (QED) is 0.412.